The Morgan fingerprint density at radius 2 is 1.86 bits per heavy atom. The summed E-state index contributed by atoms with van der Waals surface area (Å²) < 4.78 is 0. The zero-order chi connectivity index (χ0) is 15.0. The van der Waals surface area contributed by atoms with Gasteiger partial charge in [-0.3, -0.25) is 4.79 Å². The number of amides is 1. The summed E-state index contributed by atoms with van der Waals surface area (Å²) in [6.07, 6.45) is 2.40. The van der Waals surface area contributed by atoms with Crippen LogP contribution < -0.4 is 10.2 Å². The molecule has 2 fully saturated rings. The molecule has 1 aliphatic heterocycles. The minimum absolute atomic E-state index is 0.156. The van der Waals surface area contributed by atoms with Gasteiger partial charge >= 0.3 is 0 Å². The Labute approximate surface area is 125 Å². The van der Waals surface area contributed by atoms with E-state index in [1.165, 1.54) is 12.8 Å². The average molecular weight is 289 g/mol. The van der Waals surface area contributed by atoms with E-state index in [1.54, 1.807) is 6.92 Å². The molecule has 1 aliphatic carbocycles. The standard InChI is InChI=1S/C15H23N5O/c1-10-13(16-3)17-14(12-4-5-12)18-15(10)20-8-6-19(7-9-20)11(2)21/h12H,4-9H2,1-3H3,(H,16,17,18). The predicted octanol–water partition coefficient (Wildman–Crippen LogP) is 1.37. The van der Waals surface area contributed by atoms with Gasteiger partial charge in [-0.15, -0.1) is 0 Å². The molecule has 6 nitrogen and oxygen atoms in total. The molecule has 0 unspecified atom stereocenters. The Bertz CT molecular complexity index is 547. The maximum atomic E-state index is 11.4. The summed E-state index contributed by atoms with van der Waals surface area (Å²) in [4.78, 5) is 25.1. The van der Waals surface area contributed by atoms with E-state index in [0.29, 0.717) is 5.92 Å². The number of aromatic nitrogens is 2. The van der Waals surface area contributed by atoms with Crippen molar-refractivity contribution < 1.29 is 4.79 Å². The fraction of sp³-hybridized carbons (Fsp3) is 0.667. The average Bonchev–Trinajstić information content (AvgIpc) is 3.32. The van der Waals surface area contributed by atoms with Crippen LogP contribution in [-0.4, -0.2) is 54.0 Å². The lowest BCUT2D eigenvalue weighted by molar-refractivity contribution is -0.129. The summed E-state index contributed by atoms with van der Waals surface area (Å²) in [5, 5.41) is 3.18. The molecule has 6 heteroatoms. The van der Waals surface area contributed by atoms with E-state index in [0.717, 1.165) is 49.2 Å². The Kier molecular flexibility index (Phi) is 3.69. The highest BCUT2D eigenvalue weighted by Gasteiger charge is 2.29. The molecule has 114 valence electrons. The number of anilines is 2. The number of nitrogens with one attached hydrogen (secondary N) is 1. The van der Waals surface area contributed by atoms with Crippen molar-refractivity contribution in [2.45, 2.75) is 32.6 Å². The van der Waals surface area contributed by atoms with E-state index in [9.17, 15) is 4.79 Å². The van der Waals surface area contributed by atoms with E-state index in [-0.39, 0.29) is 5.91 Å². The molecule has 1 amide bonds. The number of carbonyl (C=O) groups is 1. The van der Waals surface area contributed by atoms with Gasteiger partial charge in [0.05, 0.1) is 0 Å². The summed E-state index contributed by atoms with van der Waals surface area (Å²) in [6.45, 7) is 6.92. The lowest BCUT2D eigenvalue weighted by Crippen LogP contribution is -2.48. The predicted molar refractivity (Wildman–Crippen MR) is 82.8 cm³/mol. The molecule has 0 spiro atoms. The maximum Gasteiger partial charge on any atom is 0.219 e. The van der Waals surface area contributed by atoms with E-state index < -0.39 is 0 Å². The molecule has 0 atom stereocenters. The number of nitrogens with zero attached hydrogens (tertiary/aromatic N) is 4. The van der Waals surface area contributed by atoms with Crippen LogP contribution in [0.3, 0.4) is 0 Å². The largest absolute Gasteiger partial charge is 0.373 e. The third-order valence-corrected chi connectivity index (χ3v) is 4.34. The Morgan fingerprint density at radius 1 is 1.19 bits per heavy atom. The van der Waals surface area contributed by atoms with Gasteiger partial charge in [-0.25, -0.2) is 9.97 Å². The van der Waals surface area contributed by atoms with Gasteiger partial charge in [0.25, 0.3) is 0 Å². The molecule has 1 aromatic rings. The lowest BCUT2D eigenvalue weighted by atomic mass is 10.2. The Morgan fingerprint density at radius 3 is 2.38 bits per heavy atom. The zero-order valence-corrected chi connectivity index (χ0v) is 13.0. The minimum atomic E-state index is 0.156. The first kappa shape index (κ1) is 14.1. The van der Waals surface area contributed by atoms with Gasteiger partial charge in [0.2, 0.25) is 5.91 Å². The second kappa shape index (κ2) is 5.50. The summed E-state index contributed by atoms with van der Waals surface area (Å²) in [7, 11) is 1.91. The van der Waals surface area contributed by atoms with Gasteiger partial charge in [-0.1, -0.05) is 0 Å². The topological polar surface area (TPSA) is 61.4 Å². The second-order valence-corrected chi connectivity index (χ2v) is 5.90. The lowest BCUT2D eigenvalue weighted by Gasteiger charge is -2.35. The molecule has 3 rings (SSSR count). The maximum absolute atomic E-state index is 11.4. The van der Waals surface area contributed by atoms with E-state index in [1.807, 2.05) is 11.9 Å². The molecular formula is C15H23N5O. The molecular weight excluding hydrogens is 266 g/mol. The number of rotatable bonds is 3. The summed E-state index contributed by atoms with van der Waals surface area (Å²) in [5.41, 5.74) is 1.10. The van der Waals surface area contributed by atoms with Gasteiger partial charge < -0.3 is 15.1 Å². The van der Waals surface area contributed by atoms with Crippen LogP contribution in [0.1, 0.15) is 37.1 Å². The summed E-state index contributed by atoms with van der Waals surface area (Å²) in [6, 6.07) is 0. The molecule has 0 bridgehead atoms. The van der Waals surface area contributed by atoms with Crippen LogP contribution in [0, 0.1) is 6.92 Å². The number of piperazine rings is 1. The molecule has 21 heavy (non-hydrogen) atoms. The first-order valence-corrected chi connectivity index (χ1v) is 7.67. The molecule has 2 heterocycles. The first-order chi connectivity index (χ1) is 10.1. The molecule has 1 saturated carbocycles. The van der Waals surface area contributed by atoms with E-state index >= 15 is 0 Å². The van der Waals surface area contributed by atoms with Crippen molar-refractivity contribution >= 4 is 17.5 Å². The SMILES string of the molecule is CNc1nc(C2CC2)nc(N2CCN(C(C)=O)CC2)c1C. The van der Waals surface area contributed by atoms with Crippen LogP contribution >= 0.6 is 0 Å². The Hall–Kier alpha value is -1.85. The van der Waals surface area contributed by atoms with Gasteiger partial charge in [0.1, 0.15) is 17.5 Å². The van der Waals surface area contributed by atoms with Gasteiger partial charge in [-0.05, 0) is 19.8 Å². The van der Waals surface area contributed by atoms with E-state index in [2.05, 4.69) is 22.1 Å². The van der Waals surface area contributed by atoms with Crippen molar-refractivity contribution in [2.24, 2.45) is 0 Å². The molecule has 2 aliphatic rings. The van der Waals surface area contributed by atoms with Crippen molar-refractivity contribution in [3.63, 3.8) is 0 Å². The van der Waals surface area contributed by atoms with Crippen LogP contribution in [0.25, 0.3) is 0 Å². The highest BCUT2D eigenvalue weighted by atomic mass is 16.2. The van der Waals surface area contributed by atoms with E-state index in [4.69, 9.17) is 4.98 Å². The molecule has 1 aromatic heterocycles. The van der Waals surface area contributed by atoms with Crippen molar-refractivity contribution in [3.8, 4) is 0 Å². The monoisotopic (exact) mass is 289 g/mol. The van der Waals surface area contributed by atoms with Gasteiger partial charge in [-0.2, -0.15) is 0 Å². The highest BCUT2D eigenvalue weighted by Crippen LogP contribution is 2.40. The summed E-state index contributed by atoms with van der Waals surface area (Å²) in [5.74, 6) is 3.61. The molecule has 0 aromatic carbocycles. The number of carbonyl (C=O) groups excluding carboxylic acids is 1. The van der Waals surface area contributed by atoms with Crippen molar-refractivity contribution in [1.82, 2.24) is 14.9 Å². The zero-order valence-electron chi connectivity index (χ0n) is 13.0. The van der Waals surface area contributed by atoms with Crippen LogP contribution in [0.2, 0.25) is 0 Å². The minimum Gasteiger partial charge on any atom is -0.373 e. The van der Waals surface area contributed by atoms with Crippen molar-refractivity contribution in [3.05, 3.63) is 11.4 Å². The Balaban J connectivity index is 1.84. The smallest absolute Gasteiger partial charge is 0.219 e. The third kappa shape index (κ3) is 2.80. The number of hydrogen-bond acceptors (Lipinski definition) is 5. The fourth-order valence-corrected chi connectivity index (χ4v) is 2.83. The van der Waals surface area contributed by atoms with Crippen LogP contribution in [-0.2, 0) is 4.79 Å². The molecule has 1 N–H and O–H groups in total. The first-order valence-electron chi connectivity index (χ1n) is 7.67. The van der Waals surface area contributed by atoms with Gasteiger partial charge in [0, 0.05) is 51.6 Å². The number of hydrogen-bond donors (Lipinski definition) is 1. The van der Waals surface area contributed by atoms with Crippen molar-refractivity contribution in [1.29, 1.82) is 0 Å². The molecule has 0 radical (unpaired) electrons. The third-order valence-electron chi connectivity index (χ3n) is 4.34. The van der Waals surface area contributed by atoms with Crippen LogP contribution in [0.15, 0.2) is 0 Å². The van der Waals surface area contributed by atoms with Crippen LogP contribution in [0.4, 0.5) is 11.6 Å². The quantitative estimate of drug-likeness (QED) is 0.910. The normalized spacial score (nSPS) is 18.8. The fourth-order valence-electron chi connectivity index (χ4n) is 2.83. The highest BCUT2D eigenvalue weighted by molar-refractivity contribution is 5.73. The second-order valence-electron chi connectivity index (χ2n) is 5.90. The van der Waals surface area contributed by atoms with Crippen LogP contribution in [0.5, 0.6) is 0 Å². The molecule has 1 saturated heterocycles. The summed E-state index contributed by atoms with van der Waals surface area (Å²) >= 11 is 0. The van der Waals surface area contributed by atoms with Crippen molar-refractivity contribution in [2.75, 3.05) is 43.4 Å². The van der Waals surface area contributed by atoms with Gasteiger partial charge in [0.15, 0.2) is 0 Å².